The second-order valence-electron chi connectivity index (χ2n) is 4.69. The van der Waals surface area contributed by atoms with E-state index in [-0.39, 0.29) is 18.0 Å². The Hall–Kier alpha value is -2.34. The number of benzene rings is 2. The largest absolute Gasteiger partial charge is 0.322 e. The Morgan fingerprint density at radius 3 is 2.50 bits per heavy atom. The second-order valence-corrected chi connectivity index (χ2v) is 4.69. The molecule has 2 N–H and O–H groups in total. The monoisotopic (exact) mass is 308 g/mol. The van der Waals surface area contributed by atoms with Crippen molar-refractivity contribution < 1.29 is 18.0 Å². The van der Waals surface area contributed by atoms with Gasteiger partial charge in [0, 0.05) is 6.07 Å². The van der Waals surface area contributed by atoms with Crippen molar-refractivity contribution in [3.8, 4) is 0 Å². The Bertz CT molecular complexity index is 662. The van der Waals surface area contributed by atoms with Crippen molar-refractivity contribution in [2.24, 2.45) is 0 Å². The molecule has 22 heavy (non-hydrogen) atoms. The highest BCUT2D eigenvalue weighted by Crippen LogP contribution is 2.14. The topological polar surface area (TPSA) is 41.1 Å². The third-order valence-corrected chi connectivity index (χ3v) is 3.02. The quantitative estimate of drug-likeness (QED) is 0.806. The van der Waals surface area contributed by atoms with Gasteiger partial charge in [0.25, 0.3) is 0 Å². The predicted molar refractivity (Wildman–Crippen MR) is 78.0 cm³/mol. The zero-order valence-electron chi connectivity index (χ0n) is 11.7. The van der Waals surface area contributed by atoms with E-state index in [1.165, 1.54) is 6.07 Å². The lowest BCUT2D eigenvalue weighted by atomic mass is 10.1. The van der Waals surface area contributed by atoms with E-state index in [1.807, 2.05) is 0 Å². The number of carbonyl (C=O) groups is 1. The first-order valence-corrected chi connectivity index (χ1v) is 6.75. The van der Waals surface area contributed by atoms with Gasteiger partial charge >= 0.3 is 0 Å². The third kappa shape index (κ3) is 4.60. The smallest absolute Gasteiger partial charge is 0.238 e. The molecule has 2 aromatic rings. The number of hydrogen-bond acceptors (Lipinski definition) is 2. The van der Waals surface area contributed by atoms with Crippen LogP contribution in [0.3, 0.4) is 0 Å². The molecule has 0 atom stereocenters. The van der Waals surface area contributed by atoms with Gasteiger partial charge in [0.15, 0.2) is 0 Å². The average molecular weight is 308 g/mol. The van der Waals surface area contributed by atoms with Gasteiger partial charge in [-0.05, 0) is 36.7 Å². The highest BCUT2D eigenvalue weighted by atomic mass is 19.1. The van der Waals surface area contributed by atoms with Crippen molar-refractivity contribution in [2.45, 2.75) is 6.42 Å². The molecular weight excluding hydrogens is 293 g/mol. The van der Waals surface area contributed by atoms with Gasteiger partial charge in [-0.1, -0.05) is 18.2 Å². The number of amides is 1. The molecule has 0 heterocycles. The lowest BCUT2D eigenvalue weighted by Gasteiger charge is -2.08. The van der Waals surface area contributed by atoms with E-state index in [0.29, 0.717) is 24.6 Å². The Labute approximate surface area is 126 Å². The van der Waals surface area contributed by atoms with Crippen molar-refractivity contribution in [2.75, 3.05) is 18.4 Å². The van der Waals surface area contributed by atoms with Crippen LogP contribution in [0.4, 0.5) is 18.9 Å². The first-order valence-electron chi connectivity index (χ1n) is 6.75. The Morgan fingerprint density at radius 2 is 1.77 bits per heavy atom. The van der Waals surface area contributed by atoms with Crippen LogP contribution in [-0.2, 0) is 11.2 Å². The van der Waals surface area contributed by atoms with Crippen molar-refractivity contribution in [3.05, 3.63) is 65.5 Å². The minimum atomic E-state index is -0.834. The van der Waals surface area contributed by atoms with Crippen molar-refractivity contribution in [1.29, 1.82) is 0 Å². The summed E-state index contributed by atoms with van der Waals surface area (Å²) in [6.07, 6.45) is 0.435. The summed E-state index contributed by atoms with van der Waals surface area (Å²) in [7, 11) is 0. The summed E-state index contributed by atoms with van der Waals surface area (Å²) in [6, 6.07) is 9.30. The van der Waals surface area contributed by atoms with Gasteiger partial charge in [-0.15, -0.1) is 0 Å². The van der Waals surface area contributed by atoms with E-state index in [2.05, 4.69) is 10.6 Å². The Kier molecular flexibility index (Phi) is 5.55. The van der Waals surface area contributed by atoms with Gasteiger partial charge in [0.05, 0.1) is 12.2 Å². The van der Waals surface area contributed by atoms with Gasteiger partial charge in [-0.2, -0.15) is 0 Å². The summed E-state index contributed by atoms with van der Waals surface area (Å²) in [5.41, 5.74) is 0.474. The molecule has 0 saturated carbocycles. The SMILES string of the molecule is O=C(CNCCc1ccccc1F)Nc1ccc(F)cc1F. The van der Waals surface area contributed by atoms with Gasteiger partial charge < -0.3 is 10.6 Å². The normalized spacial score (nSPS) is 10.5. The lowest BCUT2D eigenvalue weighted by Crippen LogP contribution is -2.29. The predicted octanol–water partition coefficient (Wildman–Crippen LogP) is 2.87. The van der Waals surface area contributed by atoms with Crippen LogP contribution in [0.5, 0.6) is 0 Å². The van der Waals surface area contributed by atoms with Gasteiger partial charge in [0.1, 0.15) is 17.5 Å². The maximum Gasteiger partial charge on any atom is 0.238 e. The molecule has 0 aliphatic rings. The molecule has 0 radical (unpaired) electrons. The second kappa shape index (κ2) is 7.61. The van der Waals surface area contributed by atoms with Crippen molar-refractivity contribution >= 4 is 11.6 Å². The molecule has 0 aliphatic heterocycles. The molecule has 0 fully saturated rings. The maximum atomic E-state index is 13.4. The first-order chi connectivity index (χ1) is 10.6. The fourth-order valence-electron chi connectivity index (χ4n) is 1.91. The first kappa shape index (κ1) is 16.0. The molecule has 0 saturated heterocycles. The van der Waals surface area contributed by atoms with E-state index in [4.69, 9.17) is 0 Å². The minimum absolute atomic E-state index is 0.0503. The zero-order chi connectivity index (χ0) is 15.9. The van der Waals surface area contributed by atoms with Crippen LogP contribution < -0.4 is 10.6 Å². The van der Waals surface area contributed by atoms with Crippen LogP contribution in [0.25, 0.3) is 0 Å². The number of carbonyl (C=O) groups excluding carboxylic acids is 1. The number of halogens is 3. The fraction of sp³-hybridized carbons (Fsp3) is 0.188. The highest BCUT2D eigenvalue weighted by molar-refractivity contribution is 5.92. The summed E-state index contributed by atoms with van der Waals surface area (Å²) in [5.74, 6) is -2.29. The summed E-state index contributed by atoms with van der Waals surface area (Å²) >= 11 is 0. The van der Waals surface area contributed by atoms with Gasteiger partial charge in [-0.3, -0.25) is 4.79 Å². The summed E-state index contributed by atoms with van der Waals surface area (Å²) < 4.78 is 39.4. The number of rotatable bonds is 6. The molecule has 0 bridgehead atoms. The molecule has 6 heteroatoms. The van der Waals surface area contributed by atoms with Crippen LogP contribution in [0.2, 0.25) is 0 Å². The summed E-state index contributed by atoms with van der Waals surface area (Å²) in [6.45, 7) is 0.353. The van der Waals surface area contributed by atoms with Gasteiger partial charge in [-0.25, -0.2) is 13.2 Å². The highest BCUT2D eigenvalue weighted by Gasteiger charge is 2.08. The molecule has 1 amide bonds. The van der Waals surface area contributed by atoms with E-state index >= 15 is 0 Å². The van der Waals surface area contributed by atoms with Gasteiger partial charge in [0.2, 0.25) is 5.91 Å². The maximum absolute atomic E-state index is 13.4. The van der Waals surface area contributed by atoms with E-state index in [9.17, 15) is 18.0 Å². The van der Waals surface area contributed by atoms with Crippen LogP contribution >= 0.6 is 0 Å². The molecule has 0 unspecified atom stereocenters. The Balaban J connectivity index is 1.75. The lowest BCUT2D eigenvalue weighted by molar-refractivity contribution is -0.115. The van der Waals surface area contributed by atoms with Crippen LogP contribution in [0.15, 0.2) is 42.5 Å². The van der Waals surface area contributed by atoms with Crippen molar-refractivity contribution in [3.63, 3.8) is 0 Å². The summed E-state index contributed by atoms with van der Waals surface area (Å²) in [4.78, 5) is 11.6. The van der Waals surface area contributed by atoms with E-state index < -0.39 is 17.5 Å². The molecule has 2 rings (SSSR count). The summed E-state index contributed by atoms with van der Waals surface area (Å²) in [5, 5.41) is 5.17. The zero-order valence-corrected chi connectivity index (χ0v) is 11.7. The number of anilines is 1. The molecule has 0 spiro atoms. The third-order valence-electron chi connectivity index (χ3n) is 3.02. The van der Waals surface area contributed by atoms with Crippen LogP contribution in [-0.4, -0.2) is 19.0 Å². The van der Waals surface area contributed by atoms with E-state index in [0.717, 1.165) is 12.1 Å². The van der Waals surface area contributed by atoms with Crippen LogP contribution in [0, 0.1) is 17.5 Å². The molecular formula is C16H15F3N2O. The Morgan fingerprint density at radius 1 is 1.00 bits per heavy atom. The number of hydrogen-bond donors (Lipinski definition) is 2. The molecule has 0 aliphatic carbocycles. The fourth-order valence-corrected chi connectivity index (χ4v) is 1.91. The molecule has 116 valence electrons. The minimum Gasteiger partial charge on any atom is -0.322 e. The molecule has 2 aromatic carbocycles. The standard InChI is InChI=1S/C16H15F3N2O/c17-12-5-6-15(14(19)9-12)21-16(22)10-20-8-7-11-3-1-2-4-13(11)18/h1-6,9,20H,7-8,10H2,(H,21,22). The van der Waals surface area contributed by atoms with E-state index in [1.54, 1.807) is 18.2 Å². The molecule has 0 aromatic heterocycles. The number of nitrogens with one attached hydrogen (secondary N) is 2. The van der Waals surface area contributed by atoms with Crippen LogP contribution in [0.1, 0.15) is 5.56 Å². The molecule has 3 nitrogen and oxygen atoms in total. The average Bonchev–Trinajstić information content (AvgIpc) is 2.48. The van der Waals surface area contributed by atoms with Crippen molar-refractivity contribution in [1.82, 2.24) is 5.32 Å².